The van der Waals surface area contributed by atoms with Gasteiger partial charge in [-0.15, -0.1) is 0 Å². The molecule has 0 aliphatic carbocycles. The number of carbonyl (C=O) groups is 3. The number of benzene rings is 2. The third-order valence-electron chi connectivity index (χ3n) is 4.53. The SMILES string of the molecule is CCCN(CCC)C(=O)c1cccc(C(=O)N[C@@H](Cc2ccccc2)C(=O)O)c1. The lowest BCUT2D eigenvalue weighted by Crippen LogP contribution is -2.42. The van der Waals surface area contributed by atoms with Crippen molar-refractivity contribution in [2.24, 2.45) is 0 Å². The number of nitrogens with one attached hydrogen (secondary N) is 1. The van der Waals surface area contributed by atoms with Crippen LogP contribution >= 0.6 is 0 Å². The standard InChI is InChI=1S/C23H28N2O4/c1-3-13-25(14-4-2)22(27)19-12-8-11-18(16-19)21(26)24-20(23(28)29)15-17-9-6-5-7-10-17/h5-12,16,20H,3-4,13-15H2,1-2H3,(H,24,26)(H,28,29)/t20-/m0/s1. The van der Waals surface area contributed by atoms with Crippen LogP contribution in [0.4, 0.5) is 0 Å². The zero-order valence-electron chi connectivity index (χ0n) is 16.9. The summed E-state index contributed by atoms with van der Waals surface area (Å²) in [5, 5.41) is 12.1. The van der Waals surface area contributed by atoms with E-state index < -0.39 is 17.9 Å². The first-order chi connectivity index (χ1) is 14.0. The lowest BCUT2D eigenvalue weighted by Gasteiger charge is -2.22. The summed E-state index contributed by atoms with van der Waals surface area (Å²) in [6.45, 7) is 5.33. The molecule has 1 atom stereocenters. The summed E-state index contributed by atoms with van der Waals surface area (Å²) in [6, 6.07) is 14.5. The smallest absolute Gasteiger partial charge is 0.326 e. The fourth-order valence-electron chi connectivity index (χ4n) is 3.12. The molecule has 0 saturated heterocycles. The Hall–Kier alpha value is -3.15. The molecule has 0 aliphatic rings. The molecule has 2 amide bonds. The predicted octanol–water partition coefficient (Wildman–Crippen LogP) is 3.37. The van der Waals surface area contributed by atoms with Crippen LogP contribution in [-0.2, 0) is 11.2 Å². The fourth-order valence-corrected chi connectivity index (χ4v) is 3.12. The van der Waals surface area contributed by atoms with Crippen molar-refractivity contribution in [1.29, 1.82) is 0 Å². The van der Waals surface area contributed by atoms with Crippen LogP contribution in [0.3, 0.4) is 0 Å². The number of carboxylic acids is 1. The Kier molecular flexibility index (Phi) is 8.40. The van der Waals surface area contributed by atoms with Gasteiger partial charge < -0.3 is 15.3 Å². The molecule has 2 rings (SSSR count). The average molecular weight is 396 g/mol. The Morgan fingerprint density at radius 1 is 0.931 bits per heavy atom. The first-order valence-electron chi connectivity index (χ1n) is 9.93. The van der Waals surface area contributed by atoms with E-state index in [4.69, 9.17) is 0 Å². The number of hydrogen-bond acceptors (Lipinski definition) is 3. The quantitative estimate of drug-likeness (QED) is 0.645. The van der Waals surface area contributed by atoms with Gasteiger partial charge in [0.25, 0.3) is 11.8 Å². The van der Waals surface area contributed by atoms with Gasteiger partial charge >= 0.3 is 5.97 Å². The Balaban J connectivity index is 2.14. The minimum Gasteiger partial charge on any atom is -0.480 e. The van der Waals surface area contributed by atoms with Crippen LogP contribution < -0.4 is 5.32 Å². The van der Waals surface area contributed by atoms with Gasteiger partial charge in [0.2, 0.25) is 0 Å². The number of carbonyl (C=O) groups excluding carboxylic acids is 2. The zero-order valence-corrected chi connectivity index (χ0v) is 16.9. The summed E-state index contributed by atoms with van der Waals surface area (Å²) in [6.07, 6.45) is 1.89. The summed E-state index contributed by atoms with van der Waals surface area (Å²) in [5.74, 6) is -1.74. The van der Waals surface area contributed by atoms with Crippen molar-refractivity contribution in [2.75, 3.05) is 13.1 Å². The van der Waals surface area contributed by atoms with Crippen molar-refractivity contribution < 1.29 is 19.5 Å². The largest absolute Gasteiger partial charge is 0.480 e. The first-order valence-corrected chi connectivity index (χ1v) is 9.93. The summed E-state index contributed by atoms with van der Waals surface area (Å²) in [7, 11) is 0. The number of nitrogens with zero attached hydrogens (tertiary/aromatic N) is 1. The Labute approximate surface area is 171 Å². The van der Waals surface area contributed by atoms with Gasteiger partial charge in [-0.1, -0.05) is 50.2 Å². The van der Waals surface area contributed by atoms with Gasteiger partial charge in [-0.25, -0.2) is 4.79 Å². The Morgan fingerprint density at radius 2 is 1.55 bits per heavy atom. The van der Waals surface area contributed by atoms with E-state index >= 15 is 0 Å². The number of carboxylic acid groups (broad SMARTS) is 1. The van der Waals surface area contributed by atoms with E-state index in [9.17, 15) is 19.5 Å². The van der Waals surface area contributed by atoms with Gasteiger partial charge in [0, 0.05) is 30.6 Å². The molecule has 0 aliphatic heterocycles. The van der Waals surface area contributed by atoms with E-state index in [1.807, 2.05) is 44.2 Å². The third-order valence-corrected chi connectivity index (χ3v) is 4.53. The molecule has 0 spiro atoms. The Bertz CT molecular complexity index is 830. The van der Waals surface area contributed by atoms with Crippen LogP contribution in [0.5, 0.6) is 0 Å². The van der Waals surface area contributed by atoms with Crippen molar-refractivity contribution in [1.82, 2.24) is 10.2 Å². The van der Waals surface area contributed by atoms with Crippen molar-refractivity contribution in [3.05, 3.63) is 71.3 Å². The van der Waals surface area contributed by atoms with Crippen molar-refractivity contribution in [2.45, 2.75) is 39.2 Å². The number of aliphatic carboxylic acids is 1. The third kappa shape index (κ3) is 6.45. The average Bonchev–Trinajstić information content (AvgIpc) is 2.73. The molecule has 0 radical (unpaired) electrons. The maximum Gasteiger partial charge on any atom is 0.326 e. The summed E-state index contributed by atoms with van der Waals surface area (Å²) >= 11 is 0. The molecule has 0 unspecified atom stereocenters. The lowest BCUT2D eigenvalue weighted by molar-refractivity contribution is -0.139. The normalized spacial score (nSPS) is 11.5. The highest BCUT2D eigenvalue weighted by Crippen LogP contribution is 2.11. The van der Waals surface area contributed by atoms with E-state index in [0.717, 1.165) is 18.4 Å². The van der Waals surface area contributed by atoms with Crippen LogP contribution in [-0.4, -0.2) is 46.9 Å². The van der Waals surface area contributed by atoms with Crippen LogP contribution in [0.2, 0.25) is 0 Å². The Morgan fingerprint density at radius 3 is 2.14 bits per heavy atom. The van der Waals surface area contributed by atoms with Crippen LogP contribution in [0.1, 0.15) is 53.0 Å². The van der Waals surface area contributed by atoms with Crippen molar-refractivity contribution in [3.63, 3.8) is 0 Å². The van der Waals surface area contributed by atoms with E-state index in [-0.39, 0.29) is 17.9 Å². The van der Waals surface area contributed by atoms with Crippen LogP contribution in [0.15, 0.2) is 54.6 Å². The highest BCUT2D eigenvalue weighted by molar-refractivity contribution is 6.00. The summed E-state index contributed by atoms with van der Waals surface area (Å²) in [5.41, 5.74) is 1.51. The monoisotopic (exact) mass is 396 g/mol. The number of amides is 2. The van der Waals surface area contributed by atoms with Gasteiger partial charge in [-0.05, 0) is 36.6 Å². The molecule has 0 saturated carbocycles. The van der Waals surface area contributed by atoms with Gasteiger partial charge in [0.05, 0.1) is 0 Å². The number of rotatable bonds is 10. The zero-order chi connectivity index (χ0) is 21.2. The highest BCUT2D eigenvalue weighted by Gasteiger charge is 2.22. The minimum atomic E-state index is -1.11. The van der Waals surface area contributed by atoms with E-state index in [1.54, 1.807) is 23.1 Å². The minimum absolute atomic E-state index is 0.123. The number of hydrogen-bond donors (Lipinski definition) is 2. The van der Waals surface area contributed by atoms with Gasteiger partial charge in [0.15, 0.2) is 0 Å². The molecule has 154 valence electrons. The van der Waals surface area contributed by atoms with Crippen LogP contribution in [0.25, 0.3) is 0 Å². The molecule has 0 bridgehead atoms. The van der Waals surface area contributed by atoms with Gasteiger partial charge in [-0.2, -0.15) is 0 Å². The lowest BCUT2D eigenvalue weighted by atomic mass is 10.0. The highest BCUT2D eigenvalue weighted by atomic mass is 16.4. The molecular weight excluding hydrogens is 368 g/mol. The topological polar surface area (TPSA) is 86.7 Å². The van der Waals surface area contributed by atoms with Gasteiger partial charge in [-0.3, -0.25) is 9.59 Å². The van der Waals surface area contributed by atoms with E-state index in [0.29, 0.717) is 18.7 Å². The second-order valence-electron chi connectivity index (χ2n) is 6.93. The second-order valence-corrected chi connectivity index (χ2v) is 6.93. The molecule has 0 aromatic heterocycles. The van der Waals surface area contributed by atoms with Gasteiger partial charge in [0.1, 0.15) is 6.04 Å². The molecule has 6 nitrogen and oxygen atoms in total. The fraction of sp³-hybridized carbons (Fsp3) is 0.348. The second kappa shape index (κ2) is 11.0. The summed E-state index contributed by atoms with van der Waals surface area (Å²) in [4.78, 5) is 38.8. The maximum absolute atomic E-state index is 12.8. The van der Waals surface area contributed by atoms with E-state index in [2.05, 4.69) is 5.32 Å². The molecule has 0 heterocycles. The molecule has 2 aromatic rings. The molecule has 29 heavy (non-hydrogen) atoms. The molecular formula is C23H28N2O4. The molecule has 0 fully saturated rings. The summed E-state index contributed by atoms with van der Waals surface area (Å²) < 4.78 is 0. The molecule has 6 heteroatoms. The predicted molar refractivity (Wildman–Crippen MR) is 112 cm³/mol. The van der Waals surface area contributed by atoms with E-state index in [1.165, 1.54) is 6.07 Å². The van der Waals surface area contributed by atoms with Crippen molar-refractivity contribution >= 4 is 17.8 Å². The molecule has 2 aromatic carbocycles. The molecule has 2 N–H and O–H groups in total. The van der Waals surface area contributed by atoms with Crippen LogP contribution in [0, 0.1) is 0 Å². The first kappa shape index (κ1) is 22.1. The van der Waals surface area contributed by atoms with Crippen molar-refractivity contribution in [3.8, 4) is 0 Å². The maximum atomic E-state index is 12.8.